The molecule has 2 unspecified atom stereocenters. The zero-order valence-electron chi connectivity index (χ0n) is 14.2. The van der Waals surface area contributed by atoms with Gasteiger partial charge >= 0.3 is 0 Å². The van der Waals surface area contributed by atoms with Gasteiger partial charge in [0.1, 0.15) is 0 Å². The molecule has 0 aromatic heterocycles. The summed E-state index contributed by atoms with van der Waals surface area (Å²) in [5.41, 5.74) is 5.49. The zero-order chi connectivity index (χ0) is 16.1. The summed E-state index contributed by atoms with van der Waals surface area (Å²) in [5, 5.41) is 0. The number of rotatable bonds is 4. The van der Waals surface area contributed by atoms with Crippen molar-refractivity contribution in [1.29, 1.82) is 0 Å². The van der Waals surface area contributed by atoms with Crippen LogP contribution in [0.25, 0.3) is 0 Å². The van der Waals surface area contributed by atoms with E-state index >= 15 is 0 Å². The number of amides is 1. The number of benzene rings is 1. The highest BCUT2D eigenvalue weighted by molar-refractivity contribution is 5.82. The Hall–Kier alpha value is -1.35. The third-order valence-corrected chi connectivity index (χ3v) is 6.52. The van der Waals surface area contributed by atoms with Crippen LogP contribution in [0.3, 0.4) is 0 Å². The van der Waals surface area contributed by atoms with Gasteiger partial charge in [-0.2, -0.15) is 0 Å². The molecule has 4 aliphatic rings. The summed E-state index contributed by atoms with van der Waals surface area (Å²) in [6.07, 6.45) is 6.94. The number of nitrogens with one attached hydrogen (secondary N) is 1. The van der Waals surface area contributed by atoms with Crippen molar-refractivity contribution in [3.63, 3.8) is 0 Å². The van der Waals surface area contributed by atoms with Crippen molar-refractivity contribution in [3.05, 3.63) is 35.4 Å². The van der Waals surface area contributed by atoms with Crippen molar-refractivity contribution >= 4 is 5.91 Å². The van der Waals surface area contributed by atoms with E-state index in [1.807, 2.05) is 6.92 Å². The molecular weight excluding hydrogens is 286 g/mol. The highest BCUT2D eigenvalue weighted by atomic mass is 16.6. The van der Waals surface area contributed by atoms with Crippen LogP contribution in [0.4, 0.5) is 0 Å². The maximum Gasteiger partial charge on any atom is 0.249 e. The van der Waals surface area contributed by atoms with E-state index in [-0.39, 0.29) is 16.7 Å². The molecule has 0 saturated heterocycles. The maximum atomic E-state index is 12.8. The molecule has 23 heavy (non-hydrogen) atoms. The van der Waals surface area contributed by atoms with Gasteiger partial charge < -0.3 is 0 Å². The Morgan fingerprint density at radius 1 is 1.17 bits per heavy atom. The maximum absolute atomic E-state index is 12.8. The summed E-state index contributed by atoms with van der Waals surface area (Å²) in [6.45, 7) is 4.58. The molecule has 0 aliphatic heterocycles. The SMILES string of the molecule is CCONC(=O)C12CC3CC(C1)CC(c1ccc(C)cc1)(C3)C2. The molecule has 124 valence electrons. The van der Waals surface area contributed by atoms with Gasteiger partial charge in [0.2, 0.25) is 5.91 Å². The summed E-state index contributed by atoms with van der Waals surface area (Å²) < 4.78 is 0. The Morgan fingerprint density at radius 3 is 2.43 bits per heavy atom. The molecule has 0 radical (unpaired) electrons. The average molecular weight is 313 g/mol. The molecule has 4 fully saturated rings. The second kappa shape index (κ2) is 5.34. The molecular formula is C20H27NO2. The molecule has 3 nitrogen and oxygen atoms in total. The minimum atomic E-state index is -0.204. The molecule has 1 aromatic carbocycles. The van der Waals surface area contributed by atoms with Crippen LogP contribution in [0.2, 0.25) is 0 Å². The van der Waals surface area contributed by atoms with E-state index in [2.05, 4.69) is 36.7 Å². The van der Waals surface area contributed by atoms with Gasteiger partial charge in [-0.25, -0.2) is 5.48 Å². The molecule has 3 heteroatoms. The first-order valence-corrected chi connectivity index (χ1v) is 9.05. The molecule has 0 spiro atoms. The van der Waals surface area contributed by atoms with Crippen molar-refractivity contribution in [2.24, 2.45) is 17.3 Å². The minimum Gasteiger partial charge on any atom is -0.274 e. The van der Waals surface area contributed by atoms with Crippen LogP contribution >= 0.6 is 0 Å². The number of hydroxylamine groups is 1. The van der Waals surface area contributed by atoms with E-state index in [4.69, 9.17) is 4.84 Å². The first-order chi connectivity index (χ1) is 11.1. The molecule has 0 heterocycles. The van der Waals surface area contributed by atoms with Gasteiger partial charge in [0.25, 0.3) is 0 Å². The standard InChI is InChI=1S/C20H27NO2/c1-3-23-21-18(22)20-11-15-8-16(12-20)10-19(9-15,13-20)17-6-4-14(2)5-7-17/h4-7,15-16H,3,8-13H2,1-2H3,(H,21,22). The Morgan fingerprint density at radius 2 is 1.83 bits per heavy atom. The predicted octanol–water partition coefficient (Wildman–Crippen LogP) is 3.90. The Labute approximate surface area is 138 Å². The lowest BCUT2D eigenvalue weighted by Gasteiger charge is -2.61. The molecule has 1 amide bonds. The van der Waals surface area contributed by atoms with Crippen molar-refractivity contribution in [2.45, 2.75) is 57.8 Å². The normalized spacial score (nSPS) is 37.8. The summed E-state index contributed by atoms with van der Waals surface area (Å²) >= 11 is 0. The van der Waals surface area contributed by atoms with Crippen molar-refractivity contribution in [2.75, 3.05) is 6.61 Å². The fourth-order valence-corrected chi connectivity index (χ4v) is 6.02. The number of aryl methyl sites for hydroxylation is 1. The number of carbonyl (C=O) groups excluding carboxylic acids is 1. The van der Waals surface area contributed by atoms with Crippen LogP contribution in [-0.4, -0.2) is 12.5 Å². The molecule has 4 bridgehead atoms. The number of hydrogen-bond donors (Lipinski definition) is 1. The topological polar surface area (TPSA) is 38.3 Å². The van der Waals surface area contributed by atoms with Gasteiger partial charge in [0.05, 0.1) is 12.0 Å². The van der Waals surface area contributed by atoms with Gasteiger partial charge in [-0.1, -0.05) is 29.8 Å². The third-order valence-electron chi connectivity index (χ3n) is 6.52. The summed E-state index contributed by atoms with van der Waals surface area (Å²) in [4.78, 5) is 18.1. The van der Waals surface area contributed by atoms with Gasteiger partial charge in [-0.3, -0.25) is 9.63 Å². The van der Waals surface area contributed by atoms with Gasteiger partial charge in [0, 0.05) is 0 Å². The number of carbonyl (C=O) groups is 1. The van der Waals surface area contributed by atoms with Gasteiger partial charge in [-0.15, -0.1) is 0 Å². The average Bonchev–Trinajstić information content (AvgIpc) is 2.51. The molecule has 1 aromatic rings. The van der Waals surface area contributed by atoms with Crippen LogP contribution in [-0.2, 0) is 15.0 Å². The van der Waals surface area contributed by atoms with Crippen LogP contribution in [0, 0.1) is 24.2 Å². The minimum absolute atomic E-state index is 0.130. The fraction of sp³-hybridized carbons (Fsp3) is 0.650. The lowest BCUT2D eigenvalue weighted by molar-refractivity contribution is -0.161. The van der Waals surface area contributed by atoms with E-state index in [0.29, 0.717) is 18.4 Å². The highest BCUT2D eigenvalue weighted by Crippen LogP contribution is 2.65. The van der Waals surface area contributed by atoms with Crippen LogP contribution in [0.5, 0.6) is 0 Å². The monoisotopic (exact) mass is 313 g/mol. The van der Waals surface area contributed by atoms with Gasteiger partial charge in [0.15, 0.2) is 0 Å². The third kappa shape index (κ3) is 2.40. The smallest absolute Gasteiger partial charge is 0.249 e. The Bertz CT molecular complexity index is 593. The van der Waals surface area contributed by atoms with Crippen LogP contribution in [0.1, 0.15) is 56.6 Å². The predicted molar refractivity (Wildman–Crippen MR) is 89.7 cm³/mol. The molecule has 2 atom stereocenters. The Kier molecular flexibility index (Phi) is 3.53. The second-order valence-corrected chi connectivity index (χ2v) is 8.25. The van der Waals surface area contributed by atoms with Gasteiger partial charge in [-0.05, 0) is 75.2 Å². The molecule has 4 saturated carbocycles. The quantitative estimate of drug-likeness (QED) is 0.856. The summed E-state index contributed by atoms with van der Waals surface area (Å²) in [5.74, 6) is 1.53. The van der Waals surface area contributed by atoms with E-state index in [1.54, 1.807) is 0 Å². The van der Waals surface area contributed by atoms with Crippen molar-refractivity contribution in [3.8, 4) is 0 Å². The van der Waals surface area contributed by atoms with Crippen molar-refractivity contribution < 1.29 is 9.63 Å². The zero-order valence-corrected chi connectivity index (χ0v) is 14.2. The van der Waals surface area contributed by atoms with E-state index in [9.17, 15) is 4.79 Å². The van der Waals surface area contributed by atoms with Crippen LogP contribution < -0.4 is 5.48 Å². The fourth-order valence-electron chi connectivity index (χ4n) is 6.02. The lowest BCUT2D eigenvalue weighted by atomic mass is 9.42. The van der Waals surface area contributed by atoms with Crippen LogP contribution in [0.15, 0.2) is 24.3 Å². The first-order valence-electron chi connectivity index (χ1n) is 9.05. The van der Waals surface area contributed by atoms with Crippen molar-refractivity contribution in [1.82, 2.24) is 5.48 Å². The lowest BCUT2D eigenvalue weighted by Crippen LogP contribution is -2.59. The molecule has 5 rings (SSSR count). The largest absolute Gasteiger partial charge is 0.274 e. The van der Waals surface area contributed by atoms with E-state index in [1.165, 1.54) is 30.4 Å². The molecule has 1 N–H and O–H groups in total. The molecule has 4 aliphatic carbocycles. The first kappa shape index (κ1) is 15.2. The van der Waals surface area contributed by atoms with E-state index in [0.717, 1.165) is 19.3 Å². The summed E-state index contributed by atoms with van der Waals surface area (Å²) in [6, 6.07) is 9.05. The Balaban J connectivity index is 1.68. The highest BCUT2D eigenvalue weighted by Gasteiger charge is 2.61. The number of hydrogen-bond acceptors (Lipinski definition) is 2. The second-order valence-electron chi connectivity index (χ2n) is 8.25. The summed E-state index contributed by atoms with van der Waals surface area (Å²) in [7, 11) is 0. The van der Waals surface area contributed by atoms with E-state index < -0.39 is 0 Å².